The third-order valence-electron chi connectivity index (χ3n) is 3.09. The minimum atomic E-state index is 0.520. The highest BCUT2D eigenvalue weighted by atomic mass is 79.9. The Morgan fingerprint density at radius 3 is 2.50 bits per heavy atom. The summed E-state index contributed by atoms with van der Waals surface area (Å²) in [6.45, 7) is 6.78. The highest BCUT2D eigenvalue weighted by Gasteiger charge is 2.21. The van der Waals surface area contributed by atoms with E-state index in [0.29, 0.717) is 4.83 Å². The molecule has 3 heteroatoms. The molecule has 0 aliphatic rings. The summed E-state index contributed by atoms with van der Waals surface area (Å²) in [5.41, 5.74) is 1.47. The van der Waals surface area contributed by atoms with Crippen LogP contribution in [0.2, 0.25) is 0 Å². The first-order valence-corrected chi connectivity index (χ1v) is 8.52. The normalized spacial score (nSPS) is 15.1. The van der Waals surface area contributed by atoms with Gasteiger partial charge in [-0.25, -0.2) is 0 Å². The number of unbranched alkanes of at least 4 members (excludes halogenated alkanes) is 1. The molecule has 0 nitrogen and oxygen atoms in total. The molecule has 0 saturated carbocycles. The number of thiophene rings is 1. The van der Waals surface area contributed by atoms with Gasteiger partial charge in [-0.15, -0.1) is 11.3 Å². The predicted molar refractivity (Wildman–Crippen MR) is 81.7 cm³/mol. The molecular formula is C13H20Br2S. The van der Waals surface area contributed by atoms with Gasteiger partial charge in [-0.1, -0.05) is 49.0 Å². The summed E-state index contributed by atoms with van der Waals surface area (Å²) in [4.78, 5) is 1.95. The van der Waals surface area contributed by atoms with Gasteiger partial charge in [0.05, 0.1) is 3.79 Å². The Hall–Kier alpha value is 0.660. The Balaban J connectivity index is 2.74. The van der Waals surface area contributed by atoms with Crippen molar-refractivity contribution in [2.24, 2.45) is 5.92 Å². The first-order valence-electron chi connectivity index (χ1n) is 6.00. The molecule has 1 aromatic rings. The Bertz CT molecular complexity index is 320. The summed E-state index contributed by atoms with van der Waals surface area (Å²) in [5.74, 6) is 0.764. The number of rotatable bonds is 6. The van der Waals surface area contributed by atoms with Crippen molar-refractivity contribution in [1.29, 1.82) is 0 Å². The third-order valence-corrected chi connectivity index (χ3v) is 5.90. The lowest BCUT2D eigenvalue weighted by Gasteiger charge is -2.21. The van der Waals surface area contributed by atoms with Gasteiger partial charge in [-0.2, -0.15) is 0 Å². The van der Waals surface area contributed by atoms with Crippen LogP contribution in [0.5, 0.6) is 0 Å². The van der Waals surface area contributed by atoms with Gasteiger partial charge in [0.15, 0.2) is 0 Å². The lowest BCUT2D eigenvalue weighted by atomic mass is 9.92. The number of alkyl halides is 1. The summed E-state index contributed by atoms with van der Waals surface area (Å²) in [6.07, 6.45) is 5.21. The molecule has 0 aliphatic carbocycles. The quantitative estimate of drug-likeness (QED) is 0.505. The second-order valence-corrected chi connectivity index (χ2v) is 7.90. The van der Waals surface area contributed by atoms with Crippen LogP contribution in [-0.4, -0.2) is 0 Å². The van der Waals surface area contributed by atoms with Crippen LogP contribution in [0.3, 0.4) is 0 Å². The van der Waals surface area contributed by atoms with Crippen molar-refractivity contribution in [3.05, 3.63) is 20.3 Å². The molecule has 0 aromatic carbocycles. The van der Waals surface area contributed by atoms with E-state index in [-0.39, 0.29) is 0 Å². The average Bonchev–Trinajstić information content (AvgIpc) is 2.58. The second kappa shape index (κ2) is 7.17. The summed E-state index contributed by atoms with van der Waals surface area (Å²) >= 11 is 9.30. The van der Waals surface area contributed by atoms with E-state index in [0.717, 1.165) is 5.92 Å². The molecule has 0 radical (unpaired) electrons. The molecule has 1 rings (SSSR count). The molecule has 0 amide bonds. The van der Waals surface area contributed by atoms with E-state index < -0.39 is 0 Å². The maximum atomic E-state index is 3.89. The van der Waals surface area contributed by atoms with Gasteiger partial charge >= 0.3 is 0 Å². The van der Waals surface area contributed by atoms with Crippen molar-refractivity contribution in [3.63, 3.8) is 0 Å². The van der Waals surface area contributed by atoms with Gasteiger partial charge in [0.2, 0.25) is 0 Å². The molecule has 1 heterocycles. The van der Waals surface area contributed by atoms with Crippen LogP contribution in [0.1, 0.15) is 54.8 Å². The Labute approximate surface area is 120 Å². The Morgan fingerprint density at radius 1 is 1.38 bits per heavy atom. The smallest absolute Gasteiger partial charge is 0.0704 e. The summed E-state index contributed by atoms with van der Waals surface area (Å²) < 4.78 is 1.25. The van der Waals surface area contributed by atoms with Crippen molar-refractivity contribution < 1.29 is 0 Å². The summed E-state index contributed by atoms with van der Waals surface area (Å²) in [7, 11) is 0. The van der Waals surface area contributed by atoms with E-state index in [9.17, 15) is 0 Å². The minimum Gasteiger partial charge on any atom is -0.133 e. The van der Waals surface area contributed by atoms with Gasteiger partial charge in [0.1, 0.15) is 0 Å². The SMILES string of the molecule is CCCCC(CC)C(Br)c1cc(Br)sc1C. The number of aryl methyl sites for hydroxylation is 1. The minimum absolute atomic E-state index is 0.520. The van der Waals surface area contributed by atoms with E-state index in [4.69, 9.17) is 0 Å². The highest BCUT2D eigenvalue weighted by molar-refractivity contribution is 9.11. The van der Waals surface area contributed by atoms with Crippen LogP contribution in [0.25, 0.3) is 0 Å². The largest absolute Gasteiger partial charge is 0.133 e. The zero-order valence-electron chi connectivity index (χ0n) is 10.2. The van der Waals surface area contributed by atoms with E-state index in [2.05, 4.69) is 58.7 Å². The summed E-state index contributed by atoms with van der Waals surface area (Å²) in [6, 6.07) is 2.27. The Kier molecular flexibility index (Phi) is 6.60. The topological polar surface area (TPSA) is 0 Å². The molecule has 2 atom stereocenters. The van der Waals surface area contributed by atoms with E-state index in [1.54, 1.807) is 0 Å². The molecular weight excluding hydrogens is 348 g/mol. The van der Waals surface area contributed by atoms with Crippen LogP contribution in [0, 0.1) is 12.8 Å². The first kappa shape index (κ1) is 14.7. The van der Waals surface area contributed by atoms with E-state index in [1.807, 2.05) is 11.3 Å². The fourth-order valence-corrected chi connectivity index (χ4v) is 5.03. The molecule has 1 aromatic heterocycles. The lowest BCUT2D eigenvalue weighted by Crippen LogP contribution is -2.07. The average molecular weight is 368 g/mol. The number of hydrogen-bond acceptors (Lipinski definition) is 1. The fourth-order valence-electron chi connectivity index (χ4n) is 2.01. The van der Waals surface area contributed by atoms with Crippen molar-refractivity contribution in [3.8, 4) is 0 Å². The fraction of sp³-hybridized carbons (Fsp3) is 0.692. The zero-order chi connectivity index (χ0) is 12.1. The maximum absolute atomic E-state index is 3.89. The standard InChI is InChI=1S/C13H20Br2S/c1-4-6-7-10(5-2)13(15)11-8-12(14)16-9(11)3/h8,10,13H,4-7H2,1-3H3. The molecule has 0 fully saturated rings. The van der Waals surface area contributed by atoms with Gasteiger partial charge in [0, 0.05) is 9.70 Å². The van der Waals surface area contributed by atoms with Crippen LogP contribution in [0.15, 0.2) is 9.85 Å². The number of halogens is 2. The molecule has 0 saturated heterocycles. The molecule has 92 valence electrons. The van der Waals surface area contributed by atoms with Crippen LogP contribution in [-0.2, 0) is 0 Å². The zero-order valence-corrected chi connectivity index (χ0v) is 14.2. The molecule has 2 unspecified atom stereocenters. The molecule has 0 bridgehead atoms. The van der Waals surface area contributed by atoms with Crippen LogP contribution < -0.4 is 0 Å². The molecule has 16 heavy (non-hydrogen) atoms. The summed E-state index contributed by atoms with van der Waals surface area (Å²) in [5, 5.41) is 0. The second-order valence-electron chi connectivity index (χ2n) is 4.27. The highest BCUT2D eigenvalue weighted by Crippen LogP contribution is 2.41. The van der Waals surface area contributed by atoms with E-state index >= 15 is 0 Å². The van der Waals surface area contributed by atoms with Gasteiger partial charge < -0.3 is 0 Å². The first-order chi connectivity index (χ1) is 7.60. The number of hydrogen-bond donors (Lipinski definition) is 0. The molecule has 0 aliphatic heterocycles. The van der Waals surface area contributed by atoms with Crippen molar-refractivity contribution in [2.45, 2.75) is 51.3 Å². The van der Waals surface area contributed by atoms with Gasteiger partial charge in [0.25, 0.3) is 0 Å². The van der Waals surface area contributed by atoms with Crippen molar-refractivity contribution in [1.82, 2.24) is 0 Å². The Morgan fingerprint density at radius 2 is 2.06 bits per heavy atom. The van der Waals surface area contributed by atoms with Crippen molar-refractivity contribution in [2.75, 3.05) is 0 Å². The maximum Gasteiger partial charge on any atom is 0.0704 e. The molecule has 0 spiro atoms. The predicted octanol–water partition coefficient (Wildman–Crippen LogP) is 6.47. The molecule has 0 N–H and O–H groups in total. The third kappa shape index (κ3) is 3.85. The van der Waals surface area contributed by atoms with Crippen LogP contribution in [0.4, 0.5) is 0 Å². The van der Waals surface area contributed by atoms with E-state index in [1.165, 1.54) is 39.9 Å². The van der Waals surface area contributed by atoms with Gasteiger partial charge in [-0.3, -0.25) is 0 Å². The van der Waals surface area contributed by atoms with Crippen LogP contribution >= 0.6 is 43.2 Å². The lowest BCUT2D eigenvalue weighted by molar-refractivity contribution is 0.446. The van der Waals surface area contributed by atoms with Gasteiger partial charge in [-0.05, 0) is 46.8 Å². The van der Waals surface area contributed by atoms with Crippen molar-refractivity contribution >= 4 is 43.2 Å². The monoisotopic (exact) mass is 366 g/mol.